The SMILES string of the molecule is CCOCCCN1CCC(NC(=O)c2ccc(CN)cc2)C(C)C1.Cl. The van der Waals surface area contributed by atoms with Crippen LogP contribution in [0.15, 0.2) is 24.3 Å². The maximum absolute atomic E-state index is 12.4. The number of ether oxygens (including phenoxy) is 1. The monoisotopic (exact) mass is 369 g/mol. The van der Waals surface area contributed by atoms with Crippen molar-refractivity contribution in [2.24, 2.45) is 11.7 Å². The van der Waals surface area contributed by atoms with E-state index in [4.69, 9.17) is 10.5 Å². The summed E-state index contributed by atoms with van der Waals surface area (Å²) in [4.78, 5) is 14.9. The molecular formula is C19H32ClN3O2. The average molecular weight is 370 g/mol. The Balaban J connectivity index is 0.00000312. The second-order valence-electron chi connectivity index (χ2n) is 6.60. The molecule has 25 heavy (non-hydrogen) atoms. The number of hydrogen-bond acceptors (Lipinski definition) is 4. The van der Waals surface area contributed by atoms with Gasteiger partial charge in [0.05, 0.1) is 0 Å². The molecular weight excluding hydrogens is 338 g/mol. The zero-order valence-corrected chi connectivity index (χ0v) is 16.2. The first kappa shape index (κ1) is 21.9. The van der Waals surface area contributed by atoms with Crippen molar-refractivity contribution in [1.29, 1.82) is 0 Å². The predicted molar refractivity (Wildman–Crippen MR) is 104 cm³/mol. The van der Waals surface area contributed by atoms with Crippen LogP contribution in [0.5, 0.6) is 0 Å². The molecule has 0 aromatic heterocycles. The third-order valence-corrected chi connectivity index (χ3v) is 4.72. The fourth-order valence-corrected chi connectivity index (χ4v) is 3.23. The number of halogens is 1. The zero-order chi connectivity index (χ0) is 17.4. The number of carbonyl (C=O) groups is 1. The summed E-state index contributed by atoms with van der Waals surface area (Å²) >= 11 is 0. The van der Waals surface area contributed by atoms with E-state index in [1.165, 1.54) is 0 Å². The number of likely N-dealkylation sites (tertiary alicyclic amines) is 1. The van der Waals surface area contributed by atoms with Gasteiger partial charge in [0.15, 0.2) is 0 Å². The standard InChI is InChI=1S/C19H31N3O2.ClH/c1-3-24-12-4-10-22-11-9-18(15(2)14-22)21-19(23)17-7-5-16(13-20)6-8-17;/h5-8,15,18H,3-4,9-14,20H2,1-2H3,(H,21,23);1H. The Hall–Kier alpha value is -1.14. The summed E-state index contributed by atoms with van der Waals surface area (Å²) in [6, 6.07) is 7.78. The van der Waals surface area contributed by atoms with Gasteiger partial charge >= 0.3 is 0 Å². The van der Waals surface area contributed by atoms with Crippen LogP contribution in [0.3, 0.4) is 0 Å². The number of benzene rings is 1. The van der Waals surface area contributed by atoms with Crippen LogP contribution in [0.1, 0.15) is 42.6 Å². The summed E-state index contributed by atoms with van der Waals surface area (Å²) in [5, 5.41) is 3.20. The molecule has 0 aliphatic carbocycles. The van der Waals surface area contributed by atoms with Crippen LogP contribution in [0.4, 0.5) is 0 Å². The van der Waals surface area contributed by atoms with E-state index >= 15 is 0 Å². The fraction of sp³-hybridized carbons (Fsp3) is 0.632. The van der Waals surface area contributed by atoms with E-state index in [1.54, 1.807) is 0 Å². The van der Waals surface area contributed by atoms with E-state index in [0.717, 1.165) is 51.3 Å². The van der Waals surface area contributed by atoms with E-state index in [2.05, 4.69) is 17.1 Å². The van der Waals surface area contributed by atoms with Gasteiger partial charge in [-0.25, -0.2) is 0 Å². The van der Waals surface area contributed by atoms with Crippen molar-refractivity contribution in [3.8, 4) is 0 Å². The summed E-state index contributed by atoms with van der Waals surface area (Å²) < 4.78 is 5.40. The number of nitrogens with one attached hydrogen (secondary N) is 1. The lowest BCUT2D eigenvalue weighted by atomic mass is 9.93. The lowest BCUT2D eigenvalue weighted by Gasteiger charge is -2.37. The maximum atomic E-state index is 12.4. The van der Waals surface area contributed by atoms with Gasteiger partial charge in [0.1, 0.15) is 0 Å². The molecule has 5 nitrogen and oxygen atoms in total. The van der Waals surface area contributed by atoms with Crippen LogP contribution in [0.25, 0.3) is 0 Å². The van der Waals surface area contributed by atoms with Crippen molar-refractivity contribution >= 4 is 18.3 Å². The van der Waals surface area contributed by atoms with E-state index in [0.29, 0.717) is 18.0 Å². The third kappa shape index (κ3) is 6.94. The Bertz CT molecular complexity index is 510. The first-order valence-corrected chi connectivity index (χ1v) is 9.04. The first-order valence-electron chi connectivity index (χ1n) is 9.04. The number of carbonyl (C=O) groups excluding carboxylic acids is 1. The van der Waals surface area contributed by atoms with Gasteiger partial charge < -0.3 is 20.7 Å². The van der Waals surface area contributed by atoms with Crippen LogP contribution in [-0.2, 0) is 11.3 Å². The molecule has 1 aromatic rings. The number of nitrogens with zero attached hydrogens (tertiary/aromatic N) is 1. The molecule has 1 amide bonds. The van der Waals surface area contributed by atoms with Gasteiger partial charge in [-0.1, -0.05) is 19.1 Å². The molecule has 1 aromatic carbocycles. The van der Waals surface area contributed by atoms with Gasteiger partial charge in [-0.05, 0) is 43.4 Å². The topological polar surface area (TPSA) is 67.6 Å². The van der Waals surface area contributed by atoms with Crippen molar-refractivity contribution < 1.29 is 9.53 Å². The zero-order valence-electron chi connectivity index (χ0n) is 15.4. The maximum Gasteiger partial charge on any atom is 0.251 e. The number of amides is 1. The van der Waals surface area contributed by atoms with Gasteiger partial charge in [0.2, 0.25) is 0 Å². The minimum absolute atomic E-state index is 0. The highest BCUT2D eigenvalue weighted by atomic mass is 35.5. The fourth-order valence-electron chi connectivity index (χ4n) is 3.23. The summed E-state index contributed by atoms with van der Waals surface area (Å²) in [7, 11) is 0. The smallest absolute Gasteiger partial charge is 0.251 e. The third-order valence-electron chi connectivity index (χ3n) is 4.72. The number of hydrogen-bond donors (Lipinski definition) is 2. The minimum Gasteiger partial charge on any atom is -0.382 e. The highest BCUT2D eigenvalue weighted by molar-refractivity contribution is 5.94. The molecule has 2 unspecified atom stereocenters. The average Bonchev–Trinajstić information content (AvgIpc) is 2.61. The molecule has 2 atom stereocenters. The molecule has 1 heterocycles. The first-order chi connectivity index (χ1) is 11.6. The lowest BCUT2D eigenvalue weighted by molar-refractivity contribution is 0.0843. The van der Waals surface area contributed by atoms with Crippen LogP contribution in [-0.4, -0.2) is 49.7 Å². The minimum atomic E-state index is 0. The van der Waals surface area contributed by atoms with Crippen LogP contribution >= 0.6 is 12.4 Å². The summed E-state index contributed by atoms with van der Waals surface area (Å²) in [5.74, 6) is 0.471. The largest absolute Gasteiger partial charge is 0.382 e. The Morgan fingerprint density at radius 1 is 1.36 bits per heavy atom. The van der Waals surface area contributed by atoms with Crippen molar-refractivity contribution in [2.75, 3.05) is 32.8 Å². The second-order valence-corrected chi connectivity index (χ2v) is 6.60. The molecule has 142 valence electrons. The van der Waals surface area contributed by atoms with E-state index in [1.807, 2.05) is 31.2 Å². The van der Waals surface area contributed by atoms with Gasteiger partial charge in [0.25, 0.3) is 5.91 Å². The highest BCUT2D eigenvalue weighted by Crippen LogP contribution is 2.18. The Morgan fingerprint density at radius 3 is 2.68 bits per heavy atom. The molecule has 1 fully saturated rings. The van der Waals surface area contributed by atoms with Crippen LogP contribution < -0.4 is 11.1 Å². The molecule has 1 aliphatic heterocycles. The van der Waals surface area contributed by atoms with Crippen LogP contribution in [0, 0.1) is 5.92 Å². The molecule has 0 radical (unpaired) electrons. The van der Waals surface area contributed by atoms with Crippen molar-refractivity contribution in [3.63, 3.8) is 0 Å². The van der Waals surface area contributed by atoms with E-state index < -0.39 is 0 Å². The van der Waals surface area contributed by atoms with Crippen molar-refractivity contribution in [1.82, 2.24) is 10.2 Å². The van der Waals surface area contributed by atoms with E-state index in [9.17, 15) is 4.79 Å². The predicted octanol–water partition coefficient (Wildman–Crippen LogP) is 2.43. The molecule has 6 heteroatoms. The number of rotatable bonds is 8. The second kappa shape index (κ2) is 11.5. The van der Waals surface area contributed by atoms with Gasteiger partial charge in [-0.2, -0.15) is 0 Å². The molecule has 2 rings (SSSR count). The van der Waals surface area contributed by atoms with Crippen molar-refractivity contribution in [3.05, 3.63) is 35.4 Å². The van der Waals surface area contributed by atoms with Gasteiger partial charge in [-0.3, -0.25) is 4.79 Å². The Kier molecular flexibility index (Phi) is 10.0. The highest BCUT2D eigenvalue weighted by Gasteiger charge is 2.27. The van der Waals surface area contributed by atoms with Crippen molar-refractivity contribution in [2.45, 2.75) is 39.3 Å². The molecule has 3 N–H and O–H groups in total. The quantitative estimate of drug-likeness (QED) is 0.690. The molecule has 1 aliphatic rings. The van der Waals surface area contributed by atoms with Crippen LogP contribution in [0.2, 0.25) is 0 Å². The molecule has 0 saturated carbocycles. The molecule has 0 bridgehead atoms. The van der Waals surface area contributed by atoms with E-state index in [-0.39, 0.29) is 24.4 Å². The molecule has 1 saturated heterocycles. The Morgan fingerprint density at radius 2 is 2.08 bits per heavy atom. The summed E-state index contributed by atoms with van der Waals surface area (Å²) in [5.41, 5.74) is 7.34. The lowest BCUT2D eigenvalue weighted by Crippen LogP contribution is -2.50. The Labute approximate surface area is 157 Å². The van der Waals surface area contributed by atoms with Gasteiger partial charge in [0, 0.05) is 51.0 Å². The summed E-state index contributed by atoms with van der Waals surface area (Å²) in [6.45, 7) is 9.51. The number of nitrogens with two attached hydrogens (primary N) is 1. The summed E-state index contributed by atoms with van der Waals surface area (Å²) in [6.07, 6.45) is 2.08. The molecule has 0 spiro atoms. The number of piperidine rings is 1. The normalized spacial score (nSPS) is 20.8. The van der Waals surface area contributed by atoms with Gasteiger partial charge in [-0.15, -0.1) is 12.4 Å².